The molecule has 0 radical (unpaired) electrons. The molecule has 0 aliphatic heterocycles. The van der Waals surface area contributed by atoms with Crippen molar-refractivity contribution in [2.45, 2.75) is 46.1 Å². The highest BCUT2D eigenvalue weighted by atomic mass is 16.4. The number of amides is 2. The van der Waals surface area contributed by atoms with Crippen molar-refractivity contribution in [3.05, 3.63) is 58.9 Å². The van der Waals surface area contributed by atoms with Crippen molar-refractivity contribution in [2.75, 3.05) is 0 Å². The lowest BCUT2D eigenvalue weighted by Gasteiger charge is -2.14. The Morgan fingerprint density at radius 1 is 1.13 bits per heavy atom. The van der Waals surface area contributed by atoms with E-state index in [1.54, 1.807) is 0 Å². The quantitative estimate of drug-likeness (QED) is 0.513. The number of benzene rings is 1. The van der Waals surface area contributed by atoms with Gasteiger partial charge < -0.3 is 20.6 Å². The Labute approximate surface area is 180 Å². The van der Waals surface area contributed by atoms with E-state index in [0.29, 0.717) is 11.4 Å². The highest BCUT2D eigenvalue weighted by Gasteiger charge is 2.23. The molecule has 0 saturated carbocycles. The number of rotatable bonds is 8. The molecule has 0 spiro atoms. The number of carbonyl (C=O) groups excluding carboxylic acids is 2. The maximum absolute atomic E-state index is 12.8. The Kier molecular flexibility index (Phi) is 6.39. The zero-order chi connectivity index (χ0) is 22.7. The van der Waals surface area contributed by atoms with Gasteiger partial charge in [-0.3, -0.25) is 9.59 Å². The van der Waals surface area contributed by atoms with Crippen molar-refractivity contribution in [2.24, 2.45) is 5.73 Å². The second kappa shape index (κ2) is 8.99. The molecular weight excluding hydrogens is 396 g/mol. The molecule has 31 heavy (non-hydrogen) atoms. The molecule has 3 aromatic rings. The van der Waals surface area contributed by atoms with Crippen molar-refractivity contribution < 1.29 is 19.5 Å². The van der Waals surface area contributed by atoms with Crippen LogP contribution < -0.4 is 11.1 Å². The first kappa shape index (κ1) is 22.0. The molecule has 8 nitrogen and oxygen atoms in total. The van der Waals surface area contributed by atoms with E-state index in [9.17, 15) is 19.5 Å². The molecule has 0 fully saturated rings. The van der Waals surface area contributed by atoms with E-state index < -0.39 is 23.8 Å². The van der Waals surface area contributed by atoms with Crippen LogP contribution in [0, 0.1) is 20.8 Å². The Hall–Kier alpha value is -3.68. The number of aliphatic carboxylic acids is 1. The molecule has 1 atom stereocenters. The van der Waals surface area contributed by atoms with Crippen LogP contribution in [0.2, 0.25) is 0 Å². The monoisotopic (exact) mass is 422 g/mol. The van der Waals surface area contributed by atoms with Crippen LogP contribution in [0.5, 0.6) is 0 Å². The lowest BCUT2D eigenvalue weighted by molar-refractivity contribution is -0.142. The number of hydrogen-bond donors (Lipinski definition) is 3. The van der Waals surface area contributed by atoms with Gasteiger partial charge in [0.25, 0.3) is 0 Å². The average molecular weight is 422 g/mol. The zero-order valence-electron chi connectivity index (χ0n) is 17.8. The van der Waals surface area contributed by atoms with E-state index in [0.717, 1.165) is 27.9 Å². The number of carboxylic acids is 1. The number of carboxylic acid groups (broad SMARTS) is 1. The standard InChI is InChI=1S/C23H26N4O4/c1-13-6-7-16(11-15(13)3)21-18(27-10-4-5-14(2)22(27)26-21)12-20(29)25-17(23(30)31)8-9-19(24)28/h4-7,10-11,17H,8-9,12H2,1-3H3,(H2,24,28)(H,25,29)(H,30,31). The van der Waals surface area contributed by atoms with Crippen molar-refractivity contribution in [1.29, 1.82) is 0 Å². The fraction of sp³-hybridized carbons (Fsp3) is 0.304. The number of aryl methyl sites for hydroxylation is 3. The van der Waals surface area contributed by atoms with Crippen LogP contribution in [0.15, 0.2) is 36.5 Å². The summed E-state index contributed by atoms with van der Waals surface area (Å²) in [6.07, 6.45) is 1.59. The second-order valence-corrected chi connectivity index (χ2v) is 7.73. The SMILES string of the molecule is Cc1ccc(-c2nc3c(C)cccn3c2CC(=O)NC(CCC(N)=O)C(=O)O)cc1C. The van der Waals surface area contributed by atoms with Crippen LogP contribution in [0.4, 0.5) is 0 Å². The van der Waals surface area contributed by atoms with Gasteiger partial charge in [0, 0.05) is 18.2 Å². The minimum atomic E-state index is -1.21. The molecule has 8 heteroatoms. The van der Waals surface area contributed by atoms with Crippen LogP contribution in [0.1, 0.15) is 35.2 Å². The van der Waals surface area contributed by atoms with Gasteiger partial charge in [-0.2, -0.15) is 0 Å². The van der Waals surface area contributed by atoms with Crippen LogP contribution in [-0.2, 0) is 20.8 Å². The van der Waals surface area contributed by atoms with Crippen molar-refractivity contribution in [3.8, 4) is 11.3 Å². The summed E-state index contributed by atoms with van der Waals surface area (Å²) < 4.78 is 1.86. The number of pyridine rings is 1. The predicted octanol–water partition coefficient (Wildman–Crippen LogP) is 2.30. The molecule has 3 rings (SSSR count). The molecule has 1 aromatic carbocycles. The molecule has 4 N–H and O–H groups in total. The van der Waals surface area contributed by atoms with Gasteiger partial charge in [0.05, 0.1) is 17.8 Å². The van der Waals surface area contributed by atoms with Gasteiger partial charge in [-0.05, 0) is 56.0 Å². The molecule has 0 aliphatic carbocycles. The lowest BCUT2D eigenvalue weighted by atomic mass is 10.0. The first-order chi connectivity index (χ1) is 14.7. The van der Waals surface area contributed by atoms with E-state index in [1.807, 2.05) is 61.7 Å². The topological polar surface area (TPSA) is 127 Å². The predicted molar refractivity (Wildman–Crippen MR) is 117 cm³/mol. The van der Waals surface area contributed by atoms with Gasteiger partial charge in [0.1, 0.15) is 11.7 Å². The highest BCUT2D eigenvalue weighted by Crippen LogP contribution is 2.28. The summed E-state index contributed by atoms with van der Waals surface area (Å²) >= 11 is 0. The molecule has 0 aliphatic rings. The van der Waals surface area contributed by atoms with Gasteiger partial charge >= 0.3 is 5.97 Å². The number of hydrogen-bond acceptors (Lipinski definition) is 4. The molecule has 0 saturated heterocycles. The Morgan fingerprint density at radius 3 is 2.52 bits per heavy atom. The average Bonchev–Trinajstić information content (AvgIpc) is 3.06. The van der Waals surface area contributed by atoms with Gasteiger partial charge in [-0.15, -0.1) is 0 Å². The van der Waals surface area contributed by atoms with E-state index in [4.69, 9.17) is 10.7 Å². The molecule has 2 aromatic heterocycles. The highest BCUT2D eigenvalue weighted by molar-refractivity contribution is 5.87. The maximum atomic E-state index is 12.8. The Morgan fingerprint density at radius 2 is 1.87 bits per heavy atom. The summed E-state index contributed by atoms with van der Waals surface area (Å²) in [6, 6.07) is 8.64. The lowest BCUT2D eigenvalue weighted by Crippen LogP contribution is -2.42. The number of primary amides is 1. The fourth-order valence-electron chi connectivity index (χ4n) is 3.48. The van der Waals surface area contributed by atoms with Gasteiger partial charge in [-0.1, -0.05) is 18.2 Å². The summed E-state index contributed by atoms with van der Waals surface area (Å²) in [4.78, 5) is 40.0. The normalized spacial score (nSPS) is 12.0. The minimum absolute atomic E-state index is 0.0623. The first-order valence-corrected chi connectivity index (χ1v) is 10.0. The number of carbonyl (C=O) groups is 3. The smallest absolute Gasteiger partial charge is 0.326 e. The molecular formula is C23H26N4O4. The summed E-state index contributed by atoms with van der Waals surface area (Å²) in [7, 11) is 0. The van der Waals surface area contributed by atoms with Gasteiger partial charge in [-0.25, -0.2) is 9.78 Å². The Balaban J connectivity index is 1.97. The Bertz CT molecular complexity index is 1170. The molecule has 162 valence electrons. The minimum Gasteiger partial charge on any atom is -0.480 e. The van der Waals surface area contributed by atoms with Crippen molar-refractivity contribution in [1.82, 2.24) is 14.7 Å². The molecule has 2 heterocycles. The third-order valence-corrected chi connectivity index (χ3v) is 5.37. The summed E-state index contributed by atoms with van der Waals surface area (Å²) in [5, 5.41) is 11.9. The number of nitrogens with two attached hydrogens (primary N) is 1. The summed E-state index contributed by atoms with van der Waals surface area (Å²) in [6.45, 7) is 5.99. The summed E-state index contributed by atoms with van der Waals surface area (Å²) in [5.74, 6) is -2.29. The second-order valence-electron chi connectivity index (χ2n) is 7.73. The largest absolute Gasteiger partial charge is 0.480 e. The number of aromatic nitrogens is 2. The van der Waals surface area contributed by atoms with Crippen LogP contribution in [-0.4, -0.2) is 38.3 Å². The van der Waals surface area contributed by atoms with E-state index in [1.165, 1.54) is 0 Å². The van der Waals surface area contributed by atoms with E-state index in [-0.39, 0.29) is 19.3 Å². The third kappa shape index (κ3) is 4.91. The maximum Gasteiger partial charge on any atom is 0.326 e. The molecule has 1 unspecified atom stereocenters. The number of fused-ring (bicyclic) bond motifs is 1. The molecule has 0 bridgehead atoms. The fourth-order valence-corrected chi connectivity index (χ4v) is 3.48. The first-order valence-electron chi connectivity index (χ1n) is 10.0. The number of nitrogens with one attached hydrogen (secondary N) is 1. The third-order valence-electron chi connectivity index (χ3n) is 5.37. The van der Waals surface area contributed by atoms with Crippen LogP contribution in [0.3, 0.4) is 0 Å². The zero-order valence-corrected chi connectivity index (χ0v) is 17.8. The van der Waals surface area contributed by atoms with Gasteiger partial charge in [0.2, 0.25) is 11.8 Å². The number of nitrogens with zero attached hydrogens (tertiary/aromatic N) is 2. The van der Waals surface area contributed by atoms with Crippen LogP contribution in [0.25, 0.3) is 16.9 Å². The van der Waals surface area contributed by atoms with Crippen molar-refractivity contribution >= 4 is 23.4 Å². The van der Waals surface area contributed by atoms with E-state index in [2.05, 4.69) is 5.32 Å². The van der Waals surface area contributed by atoms with Crippen molar-refractivity contribution in [3.63, 3.8) is 0 Å². The van der Waals surface area contributed by atoms with E-state index >= 15 is 0 Å². The number of imidazole rings is 1. The van der Waals surface area contributed by atoms with Gasteiger partial charge in [0.15, 0.2) is 0 Å². The van der Waals surface area contributed by atoms with Crippen LogP contribution >= 0.6 is 0 Å². The summed E-state index contributed by atoms with van der Waals surface area (Å²) in [5.41, 5.74) is 11.3. The molecule has 2 amide bonds.